The van der Waals surface area contributed by atoms with Gasteiger partial charge < -0.3 is 15.5 Å². The summed E-state index contributed by atoms with van der Waals surface area (Å²) in [5.74, 6) is -0.287. The molecule has 0 saturated carbocycles. The van der Waals surface area contributed by atoms with E-state index >= 15 is 0 Å². The minimum absolute atomic E-state index is 0.0177. The van der Waals surface area contributed by atoms with Crippen LogP contribution in [0.15, 0.2) is 48.5 Å². The number of hydrogen-bond acceptors (Lipinski definition) is 3. The molecule has 30 heavy (non-hydrogen) atoms. The highest BCUT2D eigenvalue weighted by Gasteiger charge is 2.27. The largest absolute Gasteiger partial charge is 0.350 e. The molecule has 2 aromatic rings. The average Bonchev–Trinajstić information content (AvgIpc) is 2.74. The lowest BCUT2D eigenvalue weighted by Gasteiger charge is -2.31. The number of likely N-dealkylation sites (tertiary alicyclic amines) is 1. The Morgan fingerprint density at radius 3 is 2.03 bits per heavy atom. The molecule has 1 fully saturated rings. The minimum Gasteiger partial charge on any atom is -0.350 e. The van der Waals surface area contributed by atoms with Gasteiger partial charge in [-0.05, 0) is 70.0 Å². The molecule has 0 unspecified atom stereocenters. The van der Waals surface area contributed by atoms with E-state index in [1.54, 1.807) is 24.3 Å². The summed E-state index contributed by atoms with van der Waals surface area (Å²) in [7, 11) is 0. The van der Waals surface area contributed by atoms with Crippen LogP contribution in [0, 0.1) is 12.8 Å². The fraction of sp³-hybridized carbons (Fsp3) is 0.375. The van der Waals surface area contributed by atoms with E-state index in [0.717, 1.165) is 5.56 Å². The van der Waals surface area contributed by atoms with Crippen molar-refractivity contribution in [3.8, 4) is 0 Å². The predicted molar refractivity (Wildman–Crippen MR) is 117 cm³/mol. The molecule has 6 nitrogen and oxygen atoms in total. The van der Waals surface area contributed by atoms with Crippen LogP contribution in [-0.2, 0) is 4.79 Å². The van der Waals surface area contributed by atoms with Crippen LogP contribution in [-0.4, -0.2) is 41.8 Å². The number of piperidine rings is 1. The standard InChI is InChI=1S/C24H29N3O3/c1-16(2)25-22(28)18-8-10-21(11-9-18)26-23(29)19-12-14-27(15-13-19)24(30)20-6-4-17(3)5-7-20/h4-11,16,19H,12-15H2,1-3H3,(H,25,28)(H,26,29). The van der Waals surface area contributed by atoms with E-state index in [4.69, 9.17) is 0 Å². The Bertz CT molecular complexity index is 896. The quantitative estimate of drug-likeness (QED) is 0.795. The van der Waals surface area contributed by atoms with Gasteiger partial charge in [0.15, 0.2) is 0 Å². The first-order valence-corrected chi connectivity index (χ1v) is 10.4. The molecule has 3 amide bonds. The van der Waals surface area contributed by atoms with Crippen LogP contribution in [0.1, 0.15) is 53.0 Å². The van der Waals surface area contributed by atoms with E-state index in [9.17, 15) is 14.4 Å². The zero-order chi connectivity index (χ0) is 21.7. The third-order valence-corrected chi connectivity index (χ3v) is 5.29. The topological polar surface area (TPSA) is 78.5 Å². The van der Waals surface area contributed by atoms with Crippen LogP contribution in [0.5, 0.6) is 0 Å². The van der Waals surface area contributed by atoms with Crippen LogP contribution in [0.2, 0.25) is 0 Å². The lowest BCUT2D eigenvalue weighted by molar-refractivity contribution is -0.121. The summed E-state index contributed by atoms with van der Waals surface area (Å²) < 4.78 is 0. The van der Waals surface area contributed by atoms with Crippen molar-refractivity contribution in [3.05, 3.63) is 65.2 Å². The Kier molecular flexibility index (Phi) is 6.87. The summed E-state index contributed by atoms with van der Waals surface area (Å²) in [6.07, 6.45) is 1.27. The highest BCUT2D eigenvalue weighted by Crippen LogP contribution is 2.21. The Morgan fingerprint density at radius 1 is 0.900 bits per heavy atom. The molecule has 1 saturated heterocycles. The summed E-state index contributed by atoms with van der Waals surface area (Å²) in [5, 5.41) is 5.77. The summed E-state index contributed by atoms with van der Waals surface area (Å²) in [6, 6.07) is 14.5. The van der Waals surface area contributed by atoms with Gasteiger partial charge in [-0.3, -0.25) is 14.4 Å². The molecule has 0 aliphatic carbocycles. The summed E-state index contributed by atoms with van der Waals surface area (Å²) in [4.78, 5) is 39.1. The van der Waals surface area contributed by atoms with Crippen LogP contribution in [0.4, 0.5) is 5.69 Å². The first kappa shape index (κ1) is 21.6. The third kappa shape index (κ3) is 5.47. The minimum atomic E-state index is -0.131. The number of benzene rings is 2. The Hall–Kier alpha value is -3.15. The van der Waals surface area contributed by atoms with E-state index in [1.165, 1.54) is 0 Å². The third-order valence-electron chi connectivity index (χ3n) is 5.29. The van der Waals surface area contributed by atoms with E-state index in [-0.39, 0.29) is 29.7 Å². The fourth-order valence-electron chi connectivity index (χ4n) is 3.52. The summed E-state index contributed by atoms with van der Waals surface area (Å²) in [5.41, 5.74) is 3.03. The first-order valence-electron chi connectivity index (χ1n) is 10.4. The van der Waals surface area contributed by atoms with Gasteiger partial charge in [0.25, 0.3) is 11.8 Å². The first-order chi connectivity index (χ1) is 14.3. The Morgan fingerprint density at radius 2 is 1.47 bits per heavy atom. The molecule has 3 rings (SSSR count). The number of aryl methyl sites for hydroxylation is 1. The lowest BCUT2D eigenvalue weighted by Crippen LogP contribution is -2.41. The van der Waals surface area contributed by atoms with E-state index in [1.807, 2.05) is 49.9 Å². The second-order valence-electron chi connectivity index (χ2n) is 8.13. The number of nitrogens with zero attached hydrogens (tertiary/aromatic N) is 1. The van der Waals surface area contributed by atoms with Crippen molar-refractivity contribution in [1.29, 1.82) is 0 Å². The number of carbonyl (C=O) groups is 3. The van der Waals surface area contributed by atoms with Gasteiger partial charge >= 0.3 is 0 Å². The van der Waals surface area contributed by atoms with Crippen molar-refractivity contribution >= 4 is 23.4 Å². The molecule has 1 heterocycles. The van der Waals surface area contributed by atoms with E-state index in [2.05, 4.69) is 10.6 Å². The van der Waals surface area contributed by atoms with Crippen molar-refractivity contribution in [1.82, 2.24) is 10.2 Å². The number of nitrogens with one attached hydrogen (secondary N) is 2. The number of amides is 3. The van der Waals surface area contributed by atoms with Crippen LogP contribution < -0.4 is 10.6 Å². The maximum absolute atomic E-state index is 12.6. The van der Waals surface area contributed by atoms with Gasteiger partial charge in [-0.25, -0.2) is 0 Å². The normalized spacial score (nSPS) is 14.5. The van der Waals surface area contributed by atoms with Crippen LogP contribution in [0.25, 0.3) is 0 Å². The molecule has 2 aromatic carbocycles. The molecule has 6 heteroatoms. The summed E-state index contributed by atoms with van der Waals surface area (Å²) >= 11 is 0. The zero-order valence-electron chi connectivity index (χ0n) is 17.8. The van der Waals surface area contributed by atoms with Gasteiger partial charge in [0.05, 0.1) is 0 Å². The maximum Gasteiger partial charge on any atom is 0.253 e. The number of rotatable bonds is 5. The summed E-state index contributed by atoms with van der Waals surface area (Å²) in [6.45, 7) is 6.95. The van der Waals surface area contributed by atoms with Crippen molar-refractivity contribution in [2.24, 2.45) is 5.92 Å². The van der Waals surface area contributed by atoms with Crippen molar-refractivity contribution < 1.29 is 14.4 Å². The predicted octanol–water partition coefficient (Wildman–Crippen LogP) is 3.62. The smallest absolute Gasteiger partial charge is 0.253 e. The number of carbonyl (C=O) groups excluding carboxylic acids is 3. The van der Waals surface area contributed by atoms with Gasteiger partial charge in [-0.2, -0.15) is 0 Å². The SMILES string of the molecule is Cc1ccc(C(=O)N2CCC(C(=O)Nc3ccc(C(=O)NC(C)C)cc3)CC2)cc1. The molecular formula is C24H29N3O3. The van der Waals surface area contributed by atoms with Crippen molar-refractivity contribution in [3.63, 3.8) is 0 Å². The molecule has 0 aromatic heterocycles. The lowest BCUT2D eigenvalue weighted by atomic mass is 9.95. The van der Waals surface area contributed by atoms with Gasteiger partial charge in [0.2, 0.25) is 5.91 Å². The molecule has 1 aliphatic rings. The second-order valence-corrected chi connectivity index (χ2v) is 8.13. The Balaban J connectivity index is 1.51. The number of hydrogen-bond donors (Lipinski definition) is 2. The van der Waals surface area contributed by atoms with Crippen LogP contribution >= 0.6 is 0 Å². The van der Waals surface area contributed by atoms with Gasteiger partial charge in [0, 0.05) is 41.9 Å². The van der Waals surface area contributed by atoms with E-state index in [0.29, 0.717) is 42.7 Å². The molecular weight excluding hydrogens is 378 g/mol. The fourth-order valence-corrected chi connectivity index (χ4v) is 3.52. The van der Waals surface area contributed by atoms with Crippen LogP contribution in [0.3, 0.4) is 0 Å². The molecule has 1 aliphatic heterocycles. The maximum atomic E-state index is 12.6. The highest BCUT2D eigenvalue weighted by molar-refractivity contribution is 5.97. The highest BCUT2D eigenvalue weighted by atomic mass is 16.2. The average molecular weight is 408 g/mol. The number of anilines is 1. The molecule has 0 spiro atoms. The Labute approximate surface area is 177 Å². The second kappa shape index (κ2) is 9.57. The zero-order valence-corrected chi connectivity index (χ0v) is 17.8. The molecule has 158 valence electrons. The molecule has 0 radical (unpaired) electrons. The van der Waals surface area contributed by atoms with Crippen molar-refractivity contribution in [2.75, 3.05) is 18.4 Å². The molecule has 2 N–H and O–H groups in total. The van der Waals surface area contributed by atoms with Gasteiger partial charge in [-0.1, -0.05) is 17.7 Å². The van der Waals surface area contributed by atoms with E-state index < -0.39 is 0 Å². The molecule has 0 atom stereocenters. The van der Waals surface area contributed by atoms with Gasteiger partial charge in [0.1, 0.15) is 0 Å². The van der Waals surface area contributed by atoms with Gasteiger partial charge in [-0.15, -0.1) is 0 Å². The van der Waals surface area contributed by atoms with Crippen molar-refractivity contribution in [2.45, 2.75) is 39.7 Å². The monoisotopic (exact) mass is 407 g/mol. The molecule has 0 bridgehead atoms.